The minimum absolute atomic E-state index is 0.139. The van der Waals surface area contributed by atoms with E-state index in [-0.39, 0.29) is 11.5 Å². The van der Waals surface area contributed by atoms with Crippen molar-refractivity contribution in [3.63, 3.8) is 0 Å². The first-order chi connectivity index (χ1) is 15.6. The number of halogens is 1. The van der Waals surface area contributed by atoms with Gasteiger partial charge in [0.1, 0.15) is 12.4 Å². The number of nitrogens with zero attached hydrogens (tertiary/aromatic N) is 3. The van der Waals surface area contributed by atoms with Crippen molar-refractivity contribution in [1.82, 2.24) is 9.66 Å². The van der Waals surface area contributed by atoms with E-state index in [1.54, 1.807) is 25.5 Å². The van der Waals surface area contributed by atoms with E-state index in [0.29, 0.717) is 23.5 Å². The van der Waals surface area contributed by atoms with E-state index >= 15 is 0 Å². The van der Waals surface area contributed by atoms with E-state index in [1.165, 1.54) is 11.1 Å². The molecule has 0 bridgehead atoms. The summed E-state index contributed by atoms with van der Waals surface area (Å²) in [6.45, 7) is 4.08. The Balaban J connectivity index is 1.78. The molecule has 1 fully saturated rings. The maximum absolute atomic E-state index is 13.3. The van der Waals surface area contributed by atoms with E-state index in [1.807, 2.05) is 30.3 Å². The van der Waals surface area contributed by atoms with E-state index < -0.39 is 0 Å². The molecule has 2 aromatic carbocycles. The highest BCUT2D eigenvalue weighted by molar-refractivity contribution is 14.1. The normalized spacial score (nSPS) is 14.7. The zero-order valence-electron chi connectivity index (χ0n) is 18.1. The van der Waals surface area contributed by atoms with Crippen LogP contribution in [0.5, 0.6) is 11.5 Å². The third-order valence-electron chi connectivity index (χ3n) is 5.67. The van der Waals surface area contributed by atoms with Gasteiger partial charge in [-0.3, -0.25) is 4.79 Å². The summed E-state index contributed by atoms with van der Waals surface area (Å²) in [5.74, 6) is 2.26. The van der Waals surface area contributed by atoms with E-state index in [2.05, 4.69) is 34.3 Å². The third kappa shape index (κ3) is 4.72. The first-order valence-corrected chi connectivity index (χ1v) is 11.9. The van der Waals surface area contributed by atoms with Gasteiger partial charge in [0.2, 0.25) is 0 Å². The van der Waals surface area contributed by atoms with Crippen LogP contribution in [-0.4, -0.2) is 29.6 Å². The summed E-state index contributed by atoms with van der Waals surface area (Å²) in [6, 6.07) is 11.3. The Morgan fingerprint density at radius 1 is 1.25 bits per heavy atom. The summed E-state index contributed by atoms with van der Waals surface area (Å²) in [7, 11) is 1.60. The van der Waals surface area contributed by atoms with E-state index in [9.17, 15) is 4.79 Å². The molecule has 1 heterocycles. The van der Waals surface area contributed by atoms with Crippen LogP contribution in [0.2, 0.25) is 0 Å². The van der Waals surface area contributed by atoms with Crippen LogP contribution in [0, 0.1) is 3.57 Å². The molecule has 1 saturated carbocycles. The molecule has 0 saturated heterocycles. The smallest absolute Gasteiger partial charge is 0.282 e. The highest BCUT2D eigenvalue weighted by Gasteiger charge is 2.22. The quantitative estimate of drug-likeness (QED) is 0.224. The lowest BCUT2D eigenvalue weighted by atomic mass is 9.88. The molecule has 3 aromatic rings. The Bertz CT molecular complexity index is 1210. The molecule has 0 N–H and O–H groups in total. The molecule has 0 unspecified atom stereocenters. The number of aromatic nitrogens is 2. The Hall–Kier alpha value is -2.68. The molecule has 166 valence electrons. The van der Waals surface area contributed by atoms with Gasteiger partial charge in [-0.15, -0.1) is 0 Å². The van der Waals surface area contributed by atoms with Gasteiger partial charge in [0, 0.05) is 5.92 Å². The first-order valence-electron chi connectivity index (χ1n) is 10.8. The van der Waals surface area contributed by atoms with Crippen LogP contribution in [0.25, 0.3) is 10.9 Å². The number of hydrogen-bond acceptors (Lipinski definition) is 5. The van der Waals surface area contributed by atoms with Crippen molar-refractivity contribution in [3.05, 3.63) is 74.4 Å². The van der Waals surface area contributed by atoms with Crippen molar-refractivity contribution in [2.24, 2.45) is 5.10 Å². The number of methoxy groups -OCH3 is 1. The average Bonchev–Trinajstić information content (AvgIpc) is 2.83. The lowest BCUT2D eigenvalue weighted by Gasteiger charge is -2.22. The Labute approximate surface area is 201 Å². The molecule has 7 heteroatoms. The molecule has 0 aliphatic heterocycles. The Morgan fingerprint density at radius 2 is 2.03 bits per heavy atom. The molecule has 0 amide bonds. The van der Waals surface area contributed by atoms with Gasteiger partial charge in [-0.25, -0.2) is 4.98 Å². The molecular weight excluding hydrogens is 517 g/mol. The fraction of sp³-hybridized carbons (Fsp3) is 0.320. The largest absolute Gasteiger partial charge is 0.493 e. The zero-order valence-corrected chi connectivity index (χ0v) is 20.2. The fourth-order valence-corrected chi connectivity index (χ4v) is 4.88. The first kappa shape index (κ1) is 22.5. The maximum atomic E-state index is 13.3. The van der Waals surface area contributed by atoms with Gasteiger partial charge in [-0.2, -0.15) is 9.78 Å². The Morgan fingerprint density at radius 3 is 2.78 bits per heavy atom. The summed E-state index contributed by atoms with van der Waals surface area (Å²) >= 11 is 2.21. The van der Waals surface area contributed by atoms with Crippen molar-refractivity contribution < 1.29 is 9.47 Å². The van der Waals surface area contributed by atoms with Crippen molar-refractivity contribution >= 4 is 39.7 Å². The number of fused-ring (bicyclic) bond motifs is 1. The van der Waals surface area contributed by atoms with Crippen LogP contribution in [0.15, 0.2) is 58.9 Å². The lowest BCUT2D eigenvalue weighted by Crippen LogP contribution is -2.25. The van der Waals surface area contributed by atoms with Gasteiger partial charge < -0.3 is 9.47 Å². The average molecular weight is 543 g/mol. The summed E-state index contributed by atoms with van der Waals surface area (Å²) in [5, 5.41) is 5.18. The van der Waals surface area contributed by atoms with Crippen molar-refractivity contribution in [1.29, 1.82) is 0 Å². The fourth-order valence-electron chi connectivity index (χ4n) is 4.10. The Kier molecular flexibility index (Phi) is 7.24. The number of hydrogen-bond donors (Lipinski definition) is 0. The maximum Gasteiger partial charge on any atom is 0.282 e. The molecule has 0 spiro atoms. The molecule has 1 aliphatic rings. The molecule has 6 nitrogen and oxygen atoms in total. The predicted molar refractivity (Wildman–Crippen MR) is 136 cm³/mol. The standard InChI is InChI=1S/C25H26IN3O3/c1-3-13-32-23-20(26)14-17(15-22(23)31-2)16-27-29-24(18-9-5-4-6-10-18)28-21-12-8-7-11-19(21)25(29)30/h3,7-8,11-12,14-16,18H,1,4-6,9-10,13H2,2H3. The molecule has 32 heavy (non-hydrogen) atoms. The highest BCUT2D eigenvalue weighted by Crippen LogP contribution is 2.34. The second kappa shape index (κ2) is 10.3. The number of para-hydroxylation sites is 1. The van der Waals surface area contributed by atoms with E-state index in [4.69, 9.17) is 14.5 Å². The monoisotopic (exact) mass is 543 g/mol. The number of ether oxygens (including phenoxy) is 2. The SMILES string of the molecule is C=CCOc1c(I)cc(C=Nn2c(C3CCCCC3)nc3ccccc3c2=O)cc1OC. The van der Waals surface area contributed by atoms with Crippen molar-refractivity contribution in [2.45, 2.75) is 38.0 Å². The van der Waals surface area contributed by atoms with Crippen LogP contribution in [0.4, 0.5) is 0 Å². The van der Waals surface area contributed by atoms with Crippen LogP contribution in [0.1, 0.15) is 49.4 Å². The molecular formula is C25H26IN3O3. The summed E-state index contributed by atoms with van der Waals surface area (Å²) < 4.78 is 13.6. The topological polar surface area (TPSA) is 65.7 Å². The van der Waals surface area contributed by atoms with Crippen molar-refractivity contribution in [3.8, 4) is 11.5 Å². The van der Waals surface area contributed by atoms with Crippen LogP contribution in [0.3, 0.4) is 0 Å². The van der Waals surface area contributed by atoms with Gasteiger partial charge >= 0.3 is 0 Å². The third-order valence-corrected chi connectivity index (χ3v) is 6.47. The van der Waals surface area contributed by atoms with E-state index in [0.717, 1.165) is 46.2 Å². The second-order valence-electron chi connectivity index (χ2n) is 7.82. The van der Waals surface area contributed by atoms with Crippen LogP contribution < -0.4 is 15.0 Å². The highest BCUT2D eigenvalue weighted by atomic mass is 127. The van der Waals surface area contributed by atoms with Gasteiger partial charge in [0.25, 0.3) is 5.56 Å². The van der Waals surface area contributed by atoms with Crippen molar-refractivity contribution in [2.75, 3.05) is 13.7 Å². The molecule has 1 aliphatic carbocycles. The number of benzene rings is 2. The second-order valence-corrected chi connectivity index (χ2v) is 8.98. The van der Waals surface area contributed by atoms with Crippen LogP contribution >= 0.6 is 22.6 Å². The van der Waals surface area contributed by atoms with Gasteiger partial charge in [-0.05, 0) is 65.3 Å². The molecule has 0 radical (unpaired) electrons. The van der Waals surface area contributed by atoms with Gasteiger partial charge in [0.05, 0.1) is 27.8 Å². The summed E-state index contributed by atoms with van der Waals surface area (Å²) in [5.41, 5.74) is 1.40. The van der Waals surface area contributed by atoms with Gasteiger partial charge in [-0.1, -0.05) is 44.1 Å². The zero-order chi connectivity index (χ0) is 22.5. The summed E-state index contributed by atoms with van der Waals surface area (Å²) in [4.78, 5) is 18.2. The summed E-state index contributed by atoms with van der Waals surface area (Å²) in [6.07, 6.45) is 8.97. The predicted octanol–water partition coefficient (Wildman–Crippen LogP) is 5.50. The van der Waals surface area contributed by atoms with Crippen LogP contribution in [-0.2, 0) is 0 Å². The molecule has 1 aromatic heterocycles. The molecule has 0 atom stereocenters. The number of rotatable bonds is 7. The molecule has 4 rings (SSSR count). The minimum atomic E-state index is -0.139. The van der Waals surface area contributed by atoms with Gasteiger partial charge in [0.15, 0.2) is 11.5 Å². The lowest BCUT2D eigenvalue weighted by molar-refractivity contribution is 0.324. The minimum Gasteiger partial charge on any atom is -0.493 e.